The minimum Gasteiger partial charge on any atom is -0.493 e. The molecule has 0 saturated heterocycles. The van der Waals surface area contributed by atoms with Crippen LogP contribution >= 0.6 is 0 Å². The fourth-order valence-electron chi connectivity index (χ4n) is 4.05. The number of carbonyl (C=O) groups is 1. The highest BCUT2D eigenvalue weighted by atomic mass is 32.2. The first-order valence-electron chi connectivity index (χ1n) is 10.3. The molecule has 2 aromatic carbocycles. The van der Waals surface area contributed by atoms with E-state index in [-0.39, 0.29) is 11.9 Å². The molecule has 1 amide bonds. The van der Waals surface area contributed by atoms with Gasteiger partial charge in [0.1, 0.15) is 6.04 Å². The van der Waals surface area contributed by atoms with E-state index in [0.29, 0.717) is 17.2 Å². The number of aryl methyl sites for hydroxylation is 2. The van der Waals surface area contributed by atoms with Crippen LogP contribution in [0, 0.1) is 0 Å². The molecule has 3 rings (SSSR count). The lowest BCUT2D eigenvalue weighted by Gasteiger charge is -2.29. The van der Waals surface area contributed by atoms with Gasteiger partial charge in [0.15, 0.2) is 11.5 Å². The monoisotopic (exact) mass is 446 g/mol. The van der Waals surface area contributed by atoms with E-state index in [1.807, 2.05) is 13.0 Å². The molecule has 0 saturated carbocycles. The number of fused-ring (bicyclic) bond motifs is 1. The summed E-state index contributed by atoms with van der Waals surface area (Å²) in [6, 6.07) is 9.85. The van der Waals surface area contributed by atoms with Crippen molar-refractivity contribution in [3.63, 3.8) is 0 Å². The van der Waals surface area contributed by atoms with Gasteiger partial charge in [-0.25, -0.2) is 8.42 Å². The number of sulfonamides is 1. The predicted octanol–water partition coefficient (Wildman–Crippen LogP) is 3.22. The van der Waals surface area contributed by atoms with Gasteiger partial charge in [0.2, 0.25) is 15.9 Å². The fraction of sp³-hybridized carbons (Fsp3) is 0.435. The second kappa shape index (κ2) is 9.18. The van der Waals surface area contributed by atoms with Crippen LogP contribution in [0.1, 0.15) is 43.0 Å². The van der Waals surface area contributed by atoms with Crippen molar-refractivity contribution >= 4 is 21.6 Å². The molecule has 0 aromatic heterocycles. The SMILES string of the molecule is COc1ccc(N([C@H](C)C(=O)N[C@H](C)c2ccc3c(c2)CCC3)S(C)(=O)=O)cc1OC. The van der Waals surface area contributed by atoms with Gasteiger partial charge in [-0.1, -0.05) is 18.2 Å². The lowest BCUT2D eigenvalue weighted by molar-refractivity contribution is -0.122. The summed E-state index contributed by atoms with van der Waals surface area (Å²) in [4.78, 5) is 13.0. The van der Waals surface area contributed by atoms with Crippen molar-refractivity contribution in [2.24, 2.45) is 0 Å². The molecule has 0 spiro atoms. The third-order valence-corrected chi connectivity index (χ3v) is 6.93. The molecule has 0 radical (unpaired) electrons. The molecule has 1 aliphatic carbocycles. The van der Waals surface area contributed by atoms with Crippen molar-refractivity contribution in [3.8, 4) is 11.5 Å². The van der Waals surface area contributed by atoms with Gasteiger partial charge in [0.25, 0.3) is 0 Å². The lowest BCUT2D eigenvalue weighted by Crippen LogP contribution is -2.48. The first-order valence-corrected chi connectivity index (χ1v) is 12.1. The summed E-state index contributed by atoms with van der Waals surface area (Å²) in [5.74, 6) is 0.475. The van der Waals surface area contributed by atoms with Crippen LogP contribution in [-0.4, -0.2) is 40.8 Å². The van der Waals surface area contributed by atoms with Crippen molar-refractivity contribution < 1.29 is 22.7 Å². The third-order valence-electron chi connectivity index (χ3n) is 5.69. The number of ether oxygens (including phenoxy) is 2. The Morgan fingerprint density at radius 2 is 1.68 bits per heavy atom. The van der Waals surface area contributed by atoms with E-state index in [1.54, 1.807) is 25.1 Å². The van der Waals surface area contributed by atoms with Gasteiger partial charge in [0, 0.05) is 6.07 Å². The van der Waals surface area contributed by atoms with E-state index in [9.17, 15) is 13.2 Å². The summed E-state index contributed by atoms with van der Waals surface area (Å²) in [6.07, 6.45) is 4.39. The van der Waals surface area contributed by atoms with Crippen molar-refractivity contribution in [2.75, 3.05) is 24.8 Å². The highest BCUT2D eigenvalue weighted by molar-refractivity contribution is 7.92. The minimum atomic E-state index is -3.74. The number of benzene rings is 2. The Morgan fingerprint density at radius 1 is 1.00 bits per heavy atom. The summed E-state index contributed by atoms with van der Waals surface area (Å²) in [5.41, 5.74) is 4.04. The topological polar surface area (TPSA) is 84.9 Å². The zero-order valence-corrected chi connectivity index (χ0v) is 19.5. The number of hydrogen-bond donors (Lipinski definition) is 1. The summed E-state index contributed by atoms with van der Waals surface area (Å²) >= 11 is 0. The van der Waals surface area contributed by atoms with E-state index in [1.165, 1.54) is 25.3 Å². The molecule has 0 heterocycles. The van der Waals surface area contributed by atoms with E-state index < -0.39 is 16.1 Å². The Balaban J connectivity index is 1.83. The van der Waals surface area contributed by atoms with Crippen LogP contribution in [0.15, 0.2) is 36.4 Å². The van der Waals surface area contributed by atoms with Crippen LogP contribution in [-0.2, 0) is 27.7 Å². The molecule has 0 bridgehead atoms. The van der Waals surface area contributed by atoms with E-state index in [4.69, 9.17) is 9.47 Å². The van der Waals surface area contributed by atoms with Gasteiger partial charge in [-0.3, -0.25) is 9.10 Å². The van der Waals surface area contributed by atoms with E-state index >= 15 is 0 Å². The number of anilines is 1. The summed E-state index contributed by atoms with van der Waals surface area (Å²) in [5, 5.41) is 2.96. The Morgan fingerprint density at radius 3 is 2.32 bits per heavy atom. The van der Waals surface area contributed by atoms with Crippen LogP contribution in [0.25, 0.3) is 0 Å². The quantitative estimate of drug-likeness (QED) is 0.673. The normalized spacial score (nSPS) is 15.0. The maximum atomic E-state index is 13.0. The van der Waals surface area contributed by atoms with Crippen molar-refractivity contribution in [2.45, 2.75) is 45.2 Å². The van der Waals surface area contributed by atoms with Gasteiger partial charge in [-0.2, -0.15) is 0 Å². The number of nitrogens with zero attached hydrogens (tertiary/aromatic N) is 1. The first-order chi connectivity index (χ1) is 14.7. The highest BCUT2D eigenvalue weighted by Gasteiger charge is 2.30. The highest BCUT2D eigenvalue weighted by Crippen LogP contribution is 2.33. The molecule has 1 aliphatic rings. The van der Waals surface area contributed by atoms with Gasteiger partial charge in [0.05, 0.1) is 32.2 Å². The van der Waals surface area contributed by atoms with Crippen LogP contribution < -0.4 is 19.1 Å². The summed E-state index contributed by atoms with van der Waals surface area (Å²) < 4.78 is 36.8. The Kier molecular flexibility index (Phi) is 6.79. The molecule has 7 nitrogen and oxygen atoms in total. The Labute approximate surface area is 184 Å². The molecule has 2 aromatic rings. The number of rotatable bonds is 8. The average molecular weight is 447 g/mol. The van der Waals surface area contributed by atoms with Gasteiger partial charge < -0.3 is 14.8 Å². The number of nitrogens with one attached hydrogen (secondary N) is 1. The predicted molar refractivity (Wildman–Crippen MR) is 121 cm³/mol. The maximum Gasteiger partial charge on any atom is 0.244 e. The molecule has 2 atom stereocenters. The molecule has 168 valence electrons. The fourth-order valence-corrected chi connectivity index (χ4v) is 5.22. The van der Waals surface area contributed by atoms with Gasteiger partial charge in [-0.15, -0.1) is 0 Å². The number of hydrogen-bond acceptors (Lipinski definition) is 5. The third kappa shape index (κ3) is 4.95. The zero-order chi connectivity index (χ0) is 22.8. The van der Waals surface area contributed by atoms with E-state index in [0.717, 1.165) is 35.4 Å². The molecule has 0 fully saturated rings. The van der Waals surface area contributed by atoms with Gasteiger partial charge in [-0.05, 0) is 61.9 Å². The van der Waals surface area contributed by atoms with Crippen LogP contribution in [0.4, 0.5) is 5.69 Å². The van der Waals surface area contributed by atoms with Crippen LogP contribution in [0.2, 0.25) is 0 Å². The Bertz CT molecular complexity index is 1070. The van der Waals surface area contributed by atoms with Crippen LogP contribution in [0.5, 0.6) is 11.5 Å². The number of amides is 1. The Hall–Kier alpha value is -2.74. The second-order valence-electron chi connectivity index (χ2n) is 7.89. The maximum absolute atomic E-state index is 13.0. The summed E-state index contributed by atoms with van der Waals surface area (Å²) in [7, 11) is -0.764. The zero-order valence-electron chi connectivity index (χ0n) is 18.6. The molecule has 0 unspecified atom stereocenters. The average Bonchev–Trinajstić information content (AvgIpc) is 3.20. The molecule has 1 N–H and O–H groups in total. The smallest absolute Gasteiger partial charge is 0.244 e. The molecule has 0 aliphatic heterocycles. The summed E-state index contributed by atoms with van der Waals surface area (Å²) in [6.45, 7) is 3.48. The van der Waals surface area contributed by atoms with Crippen LogP contribution in [0.3, 0.4) is 0 Å². The minimum absolute atomic E-state index is 0.243. The molecular weight excluding hydrogens is 416 g/mol. The number of carbonyl (C=O) groups excluding carboxylic acids is 1. The largest absolute Gasteiger partial charge is 0.493 e. The van der Waals surface area contributed by atoms with Crippen molar-refractivity contribution in [3.05, 3.63) is 53.1 Å². The standard InChI is InChI=1S/C23H30N2O5S/c1-15(18-10-9-17-7-6-8-19(17)13-18)24-23(26)16(2)25(31(5,27)28)20-11-12-21(29-3)22(14-20)30-4/h9-16H,6-8H2,1-5H3,(H,24,26)/t15-,16-/m1/s1. The molecule has 8 heteroatoms. The van der Waals surface area contributed by atoms with Gasteiger partial charge >= 0.3 is 0 Å². The van der Waals surface area contributed by atoms with Crippen molar-refractivity contribution in [1.29, 1.82) is 0 Å². The molecular formula is C23H30N2O5S. The van der Waals surface area contributed by atoms with E-state index in [2.05, 4.69) is 17.4 Å². The second-order valence-corrected chi connectivity index (χ2v) is 9.75. The lowest BCUT2D eigenvalue weighted by atomic mass is 10.0. The first kappa shape index (κ1) is 22.9. The molecule has 31 heavy (non-hydrogen) atoms. The number of methoxy groups -OCH3 is 2. The van der Waals surface area contributed by atoms with Crippen molar-refractivity contribution in [1.82, 2.24) is 5.32 Å².